The third-order valence-corrected chi connectivity index (χ3v) is 2.49. The maximum Gasteiger partial charge on any atom is 0.269 e. The molecule has 1 rings (SSSR count). The van der Waals surface area contributed by atoms with Gasteiger partial charge in [-0.15, -0.1) is 0 Å². The highest BCUT2D eigenvalue weighted by molar-refractivity contribution is 5.32. The Morgan fingerprint density at radius 3 is 2.16 bits per heavy atom. The third kappa shape index (κ3) is 6.85. The molecule has 0 N–H and O–H groups in total. The van der Waals surface area contributed by atoms with Gasteiger partial charge in [0.25, 0.3) is 5.69 Å². The molecule has 0 aliphatic rings. The van der Waals surface area contributed by atoms with E-state index in [-0.39, 0.29) is 5.69 Å². The van der Waals surface area contributed by atoms with Crippen LogP contribution < -0.4 is 0 Å². The third-order valence-electron chi connectivity index (χ3n) is 2.49. The predicted octanol–water partition coefficient (Wildman–Crippen LogP) is 1.82. The minimum Gasteiger partial charge on any atom is -0.382 e. The van der Waals surface area contributed by atoms with Gasteiger partial charge in [0, 0.05) is 19.2 Å². The van der Waals surface area contributed by atoms with Gasteiger partial charge in [-0.25, -0.2) is 0 Å². The SMILES string of the molecule is COCCOCCOCCc1ccc([N+](=O)[O-])cc1. The molecule has 6 nitrogen and oxygen atoms in total. The van der Waals surface area contributed by atoms with Crippen LogP contribution in [-0.4, -0.2) is 45.1 Å². The van der Waals surface area contributed by atoms with Gasteiger partial charge in [-0.3, -0.25) is 10.1 Å². The van der Waals surface area contributed by atoms with Gasteiger partial charge in [-0.05, 0) is 12.0 Å². The molecule has 0 amide bonds. The molecule has 0 atom stereocenters. The van der Waals surface area contributed by atoms with Crippen molar-refractivity contribution in [1.82, 2.24) is 0 Å². The van der Waals surface area contributed by atoms with Crippen molar-refractivity contribution in [1.29, 1.82) is 0 Å². The highest BCUT2D eigenvalue weighted by Gasteiger charge is 2.03. The first-order valence-electron chi connectivity index (χ1n) is 6.12. The molecule has 6 heteroatoms. The molecule has 0 aliphatic carbocycles. The largest absolute Gasteiger partial charge is 0.382 e. The van der Waals surface area contributed by atoms with Gasteiger partial charge < -0.3 is 14.2 Å². The Hall–Kier alpha value is -1.50. The lowest BCUT2D eigenvalue weighted by atomic mass is 10.1. The highest BCUT2D eigenvalue weighted by Crippen LogP contribution is 2.12. The predicted molar refractivity (Wildman–Crippen MR) is 70.3 cm³/mol. The Morgan fingerprint density at radius 2 is 1.58 bits per heavy atom. The van der Waals surface area contributed by atoms with Crippen molar-refractivity contribution in [2.45, 2.75) is 6.42 Å². The molecule has 0 spiro atoms. The summed E-state index contributed by atoms with van der Waals surface area (Å²) in [7, 11) is 1.63. The average Bonchev–Trinajstić information content (AvgIpc) is 2.42. The molecule has 0 aliphatic heterocycles. The molecule has 0 heterocycles. The average molecular weight is 269 g/mol. The molecule has 0 aromatic heterocycles. The molecule has 0 radical (unpaired) electrons. The minimum atomic E-state index is -0.405. The van der Waals surface area contributed by atoms with E-state index in [1.54, 1.807) is 19.2 Å². The summed E-state index contributed by atoms with van der Waals surface area (Å²) in [5, 5.41) is 10.5. The molecule has 0 saturated heterocycles. The van der Waals surface area contributed by atoms with Crippen LogP contribution in [-0.2, 0) is 20.6 Å². The van der Waals surface area contributed by atoms with Gasteiger partial charge in [0.05, 0.1) is 38.0 Å². The molecular weight excluding hydrogens is 250 g/mol. The van der Waals surface area contributed by atoms with Crippen LogP contribution in [0.25, 0.3) is 0 Å². The van der Waals surface area contributed by atoms with Gasteiger partial charge in [0.2, 0.25) is 0 Å². The Balaban J connectivity index is 2.07. The van der Waals surface area contributed by atoms with E-state index >= 15 is 0 Å². The van der Waals surface area contributed by atoms with E-state index in [4.69, 9.17) is 14.2 Å². The first kappa shape index (κ1) is 15.6. The Kier molecular flexibility index (Phi) is 7.72. The lowest BCUT2D eigenvalue weighted by Crippen LogP contribution is -2.09. The van der Waals surface area contributed by atoms with Crippen molar-refractivity contribution in [3.63, 3.8) is 0 Å². The van der Waals surface area contributed by atoms with Gasteiger partial charge in [-0.1, -0.05) is 12.1 Å². The summed E-state index contributed by atoms with van der Waals surface area (Å²) < 4.78 is 15.5. The summed E-state index contributed by atoms with van der Waals surface area (Å²) in [4.78, 5) is 10.1. The molecule has 19 heavy (non-hydrogen) atoms. The zero-order valence-electron chi connectivity index (χ0n) is 11.0. The smallest absolute Gasteiger partial charge is 0.269 e. The monoisotopic (exact) mass is 269 g/mol. The van der Waals surface area contributed by atoms with E-state index in [1.807, 2.05) is 0 Å². The summed E-state index contributed by atoms with van der Waals surface area (Å²) in [6, 6.07) is 6.50. The van der Waals surface area contributed by atoms with E-state index in [9.17, 15) is 10.1 Å². The topological polar surface area (TPSA) is 70.8 Å². The fourth-order valence-corrected chi connectivity index (χ4v) is 1.44. The number of nitrogens with zero attached hydrogens (tertiary/aromatic N) is 1. The number of non-ortho nitro benzene ring substituents is 1. The van der Waals surface area contributed by atoms with Crippen molar-refractivity contribution >= 4 is 5.69 Å². The number of hydrogen-bond donors (Lipinski definition) is 0. The first-order chi connectivity index (χ1) is 9.24. The zero-order valence-corrected chi connectivity index (χ0v) is 11.0. The minimum absolute atomic E-state index is 0.108. The number of methoxy groups -OCH3 is 1. The fourth-order valence-electron chi connectivity index (χ4n) is 1.44. The van der Waals surface area contributed by atoms with Gasteiger partial charge in [-0.2, -0.15) is 0 Å². The van der Waals surface area contributed by atoms with Crippen molar-refractivity contribution in [2.24, 2.45) is 0 Å². The number of rotatable bonds is 10. The number of benzene rings is 1. The van der Waals surface area contributed by atoms with E-state index < -0.39 is 4.92 Å². The van der Waals surface area contributed by atoms with Gasteiger partial charge in [0.1, 0.15) is 0 Å². The van der Waals surface area contributed by atoms with Crippen molar-refractivity contribution < 1.29 is 19.1 Å². The summed E-state index contributed by atoms with van der Waals surface area (Å²) in [6.07, 6.45) is 0.732. The van der Waals surface area contributed by atoms with Crippen LogP contribution in [0, 0.1) is 10.1 Å². The van der Waals surface area contributed by atoms with Gasteiger partial charge in [0.15, 0.2) is 0 Å². The number of nitro groups is 1. The van der Waals surface area contributed by atoms with E-state index in [0.29, 0.717) is 33.0 Å². The van der Waals surface area contributed by atoms with Crippen LogP contribution in [0.5, 0.6) is 0 Å². The zero-order chi connectivity index (χ0) is 13.9. The maximum atomic E-state index is 10.5. The molecule has 106 valence electrons. The Labute approximate surface area is 112 Å². The van der Waals surface area contributed by atoms with Crippen LogP contribution >= 0.6 is 0 Å². The highest BCUT2D eigenvalue weighted by atomic mass is 16.6. The summed E-state index contributed by atoms with van der Waals surface area (Å²) >= 11 is 0. The number of hydrogen-bond acceptors (Lipinski definition) is 5. The van der Waals surface area contributed by atoms with E-state index in [0.717, 1.165) is 12.0 Å². The van der Waals surface area contributed by atoms with Crippen LogP contribution in [0.4, 0.5) is 5.69 Å². The summed E-state index contributed by atoms with van der Waals surface area (Å²) in [5.74, 6) is 0. The van der Waals surface area contributed by atoms with Crippen LogP contribution in [0.15, 0.2) is 24.3 Å². The normalized spacial score (nSPS) is 10.6. The molecule has 0 saturated carbocycles. The number of nitro benzene ring substituents is 1. The second-order valence-corrected chi connectivity index (χ2v) is 3.89. The van der Waals surface area contributed by atoms with Crippen molar-refractivity contribution in [3.8, 4) is 0 Å². The molecule has 1 aromatic rings. The van der Waals surface area contributed by atoms with Crippen LogP contribution in [0.1, 0.15) is 5.56 Å². The molecule has 0 bridgehead atoms. The Bertz CT molecular complexity index is 366. The Morgan fingerprint density at radius 1 is 1.00 bits per heavy atom. The fraction of sp³-hybridized carbons (Fsp3) is 0.538. The van der Waals surface area contributed by atoms with Gasteiger partial charge >= 0.3 is 0 Å². The van der Waals surface area contributed by atoms with Crippen molar-refractivity contribution in [2.75, 3.05) is 40.1 Å². The summed E-state index contributed by atoms with van der Waals surface area (Å²) in [6.45, 7) is 2.82. The number of ether oxygens (including phenoxy) is 3. The van der Waals surface area contributed by atoms with E-state index in [1.165, 1.54) is 12.1 Å². The van der Waals surface area contributed by atoms with E-state index in [2.05, 4.69) is 0 Å². The quantitative estimate of drug-likeness (QED) is 0.368. The second kappa shape index (κ2) is 9.43. The van der Waals surface area contributed by atoms with Crippen molar-refractivity contribution in [3.05, 3.63) is 39.9 Å². The molecular formula is C13H19NO5. The lowest BCUT2D eigenvalue weighted by molar-refractivity contribution is -0.384. The molecule has 1 aromatic carbocycles. The first-order valence-corrected chi connectivity index (χ1v) is 6.12. The molecule has 0 fully saturated rings. The standard InChI is InChI=1S/C13H19NO5/c1-17-8-9-19-11-10-18-7-6-12-2-4-13(5-3-12)14(15)16/h2-5H,6-11H2,1H3. The lowest BCUT2D eigenvalue weighted by Gasteiger charge is -2.05. The second-order valence-electron chi connectivity index (χ2n) is 3.89. The van der Waals surface area contributed by atoms with Crippen LogP contribution in [0.2, 0.25) is 0 Å². The maximum absolute atomic E-state index is 10.5. The summed E-state index contributed by atoms with van der Waals surface area (Å²) in [5.41, 5.74) is 1.13. The van der Waals surface area contributed by atoms with Crippen LogP contribution in [0.3, 0.4) is 0 Å². The molecule has 0 unspecified atom stereocenters.